The van der Waals surface area contributed by atoms with E-state index in [1.165, 1.54) is 48.7 Å². The van der Waals surface area contributed by atoms with Crippen LogP contribution in [-0.2, 0) is 73.0 Å². The molecule has 1 aromatic rings. The number of benzene rings is 1. The molecule has 0 aliphatic carbocycles. The predicted molar refractivity (Wildman–Crippen MR) is 227 cm³/mol. The van der Waals surface area contributed by atoms with E-state index in [1.807, 2.05) is 37.3 Å². The topological polar surface area (TPSA) is 189 Å². The van der Waals surface area contributed by atoms with Gasteiger partial charge in [-0.25, -0.2) is 14.4 Å². The SMILES string of the molecule is C=C(CC[C@@]12O[C@H](C(=O)OC(C)(C)C)[C@@](O)(C(=O)OC(C)(C)C)[C@@](C(=O)OC(C)(C)C)(O1)[C@H](OC(=O)CC(C)(C)C)[C@H]2OC(C)(C)OC)C(OC(C)=O)C(C)Cc1ccccc1. The second-order valence-corrected chi connectivity index (χ2v) is 21.1. The van der Waals surface area contributed by atoms with Gasteiger partial charge in [-0.15, -0.1) is 0 Å². The van der Waals surface area contributed by atoms with Gasteiger partial charge in [0, 0.05) is 26.4 Å². The number of ether oxygens (including phenoxy) is 9. The van der Waals surface area contributed by atoms with Gasteiger partial charge in [0.05, 0.1) is 6.42 Å². The van der Waals surface area contributed by atoms with Gasteiger partial charge in [0.25, 0.3) is 5.60 Å². The number of methoxy groups -OCH3 is 1. The number of carbonyl (C=O) groups excluding carboxylic acids is 5. The number of carbonyl (C=O) groups is 5. The molecule has 0 aromatic heterocycles. The molecule has 2 saturated heterocycles. The van der Waals surface area contributed by atoms with Crippen LogP contribution >= 0.6 is 0 Å². The zero-order chi connectivity index (χ0) is 47.7. The molecule has 350 valence electrons. The number of hydrogen-bond donors (Lipinski definition) is 1. The molecule has 1 N–H and O–H groups in total. The number of fused-ring (bicyclic) bond motifs is 2. The van der Waals surface area contributed by atoms with Crippen LogP contribution in [0, 0.1) is 11.3 Å². The molecule has 62 heavy (non-hydrogen) atoms. The summed E-state index contributed by atoms with van der Waals surface area (Å²) in [5, 5.41) is 13.3. The van der Waals surface area contributed by atoms with Crippen molar-refractivity contribution in [3.8, 4) is 0 Å². The molecule has 1 aromatic carbocycles. The maximum atomic E-state index is 15.3. The Bertz CT molecular complexity index is 1790. The minimum absolute atomic E-state index is 0.0939. The Morgan fingerprint density at radius 2 is 1.34 bits per heavy atom. The highest BCUT2D eigenvalue weighted by Crippen LogP contribution is 2.59. The highest BCUT2D eigenvalue weighted by Gasteiger charge is 2.87. The van der Waals surface area contributed by atoms with Crippen molar-refractivity contribution < 1.29 is 71.7 Å². The van der Waals surface area contributed by atoms with Crippen LogP contribution < -0.4 is 0 Å². The maximum absolute atomic E-state index is 15.3. The molecule has 2 fully saturated rings. The Balaban J connectivity index is 2.48. The summed E-state index contributed by atoms with van der Waals surface area (Å²) in [6.45, 7) is 29.8. The van der Waals surface area contributed by atoms with E-state index in [0.717, 1.165) is 5.56 Å². The van der Waals surface area contributed by atoms with E-state index in [-0.39, 0.29) is 25.2 Å². The maximum Gasteiger partial charge on any atom is 0.347 e. The first-order chi connectivity index (χ1) is 28.0. The molecule has 3 rings (SSSR count). The minimum atomic E-state index is -3.49. The van der Waals surface area contributed by atoms with Gasteiger partial charge in [0.15, 0.2) is 18.0 Å². The summed E-state index contributed by atoms with van der Waals surface area (Å²) in [7, 11) is 1.35. The molecule has 0 spiro atoms. The van der Waals surface area contributed by atoms with Gasteiger partial charge in [-0.05, 0) is 106 Å². The molecule has 2 aliphatic heterocycles. The number of hydrogen-bond acceptors (Lipinski definition) is 15. The van der Waals surface area contributed by atoms with Gasteiger partial charge in [-0.2, -0.15) is 0 Å². The summed E-state index contributed by atoms with van der Waals surface area (Å²) in [6, 6.07) is 9.59. The lowest BCUT2D eigenvalue weighted by Crippen LogP contribution is -2.79. The summed E-state index contributed by atoms with van der Waals surface area (Å²) >= 11 is 0. The summed E-state index contributed by atoms with van der Waals surface area (Å²) < 4.78 is 55.4. The largest absolute Gasteiger partial charge is 0.458 e. The normalized spacial score (nSPS) is 26.5. The first-order valence-corrected chi connectivity index (χ1v) is 21.1. The van der Waals surface area contributed by atoms with Gasteiger partial charge >= 0.3 is 29.8 Å². The van der Waals surface area contributed by atoms with Crippen molar-refractivity contribution in [1.29, 1.82) is 0 Å². The van der Waals surface area contributed by atoms with Crippen molar-refractivity contribution in [3.05, 3.63) is 48.0 Å². The molecule has 0 amide bonds. The molecule has 0 radical (unpaired) electrons. The standard InChI is InChI=1S/C47H72O15/c1-28(33(55-30(3)48)29(2)26-31-22-20-19-21-23-31)24-25-45-34(57-44(16,17)54-18)35(56-32(49)27-40(4,5)6)47(62-45,39(52)61-43(13,14)15)46(53,38(51)60-42(10,11)12)36(58-45)37(50)59-41(7,8)9/h19-23,29,33-36,53H,1,24-27H2,2-18H3/t29?,33?,34-,35-,36-,45-,46-,47-/m1/s1. The van der Waals surface area contributed by atoms with Crippen LogP contribution in [0.2, 0.25) is 0 Å². The molecule has 15 heteroatoms. The molecule has 2 bridgehead atoms. The van der Waals surface area contributed by atoms with Crippen LogP contribution in [0.15, 0.2) is 42.5 Å². The van der Waals surface area contributed by atoms with E-state index in [9.17, 15) is 24.3 Å². The van der Waals surface area contributed by atoms with Crippen LogP contribution in [0.1, 0.15) is 136 Å². The second kappa shape index (κ2) is 18.7. The monoisotopic (exact) mass is 876 g/mol. The molecule has 2 unspecified atom stereocenters. The van der Waals surface area contributed by atoms with Gasteiger partial charge in [0.2, 0.25) is 17.5 Å². The zero-order valence-electron chi connectivity index (χ0n) is 40.0. The van der Waals surface area contributed by atoms with E-state index < -0.39 is 99.3 Å². The molecule has 2 heterocycles. The van der Waals surface area contributed by atoms with Crippen LogP contribution in [0.25, 0.3) is 0 Å². The third kappa shape index (κ3) is 12.6. The van der Waals surface area contributed by atoms with Crippen molar-refractivity contribution in [2.24, 2.45) is 11.3 Å². The van der Waals surface area contributed by atoms with Crippen molar-refractivity contribution in [2.75, 3.05) is 7.11 Å². The first kappa shape index (κ1) is 52.5. The molecule has 2 aliphatic rings. The summed E-state index contributed by atoms with van der Waals surface area (Å²) in [4.78, 5) is 71.5. The van der Waals surface area contributed by atoms with E-state index in [0.29, 0.717) is 12.0 Å². The number of rotatable bonds is 16. The van der Waals surface area contributed by atoms with Gasteiger partial charge in [-0.1, -0.05) is 64.6 Å². The predicted octanol–water partition coefficient (Wildman–Crippen LogP) is 6.87. The van der Waals surface area contributed by atoms with Gasteiger partial charge in [0.1, 0.15) is 22.9 Å². The van der Waals surface area contributed by atoms with E-state index in [4.69, 9.17) is 42.6 Å². The lowest BCUT2D eigenvalue weighted by Gasteiger charge is -2.51. The Kier molecular flexibility index (Phi) is 15.8. The summed E-state index contributed by atoms with van der Waals surface area (Å²) in [6.07, 6.45) is -7.30. The van der Waals surface area contributed by atoms with Gasteiger partial charge in [-0.3, -0.25) is 9.59 Å². The lowest BCUT2D eigenvalue weighted by molar-refractivity contribution is -0.387. The Morgan fingerprint density at radius 1 is 0.806 bits per heavy atom. The average molecular weight is 877 g/mol. The smallest absolute Gasteiger partial charge is 0.347 e. The fraction of sp³-hybridized carbons (Fsp3) is 0.723. The third-order valence-corrected chi connectivity index (χ3v) is 9.98. The highest BCUT2D eigenvalue weighted by molar-refractivity contribution is 6.00. The summed E-state index contributed by atoms with van der Waals surface area (Å²) in [5.74, 6) is -9.92. The van der Waals surface area contributed by atoms with Crippen LogP contribution in [0.5, 0.6) is 0 Å². The molecular weight excluding hydrogens is 805 g/mol. The van der Waals surface area contributed by atoms with Crippen LogP contribution in [0.3, 0.4) is 0 Å². The number of esters is 5. The van der Waals surface area contributed by atoms with Crippen molar-refractivity contribution in [2.45, 2.75) is 200 Å². The third-order valence-electron chi connectivity index (χ3n) is 9.98. The lowest BCUT2D eigenvalue weighted by atomic mass is 9.74. The Morgan fingerprint density at radius 3 is 1.82 bits per heavy atom. The summed E-state index contributed by atoms with van der Waals surface area (Å²) in [5.41, 5.74) is -9.82. The molecule has 8 atom stereocenters. The Hall–Kier alpha value is -3.89. The fourth-order valence-electron chi connectivity index (χ4n) is 7.42. The molecular formula is C47H72O15. The fourth-order valence-corrected chi connectivity index (χ4v) is 7.42. The van der Waals surface area contributed by atoms with Crippen molar-refractivity contribution in [1.82, 2.24) is 0 Å². The van der Waals surface area contributed by atoms with Crippen molar-refractivity contribution in [3.63, 3.8) is 0 Å². The number of aliphatic hydroxyl groups is 1. The van der Waals surface area contributed by atoms with E-state index >= 15 is 4.79 Å². The van der Waals surface area contributed by atoms with E-state index in [2.05, 4.69) is 6.58 Å². The zero-order valence-corrected chi connectivity index (χ0v) is 40.0. The average Bonchev–Trinajstić information content (AvgIpc) is 3.31. The first-order valence-electron chi connectivity index (χ1n) is 21.1. The molecule has 0 saturated carbocycles. The molecule has 15 nitrogen and oxygen atoms in total. The van der Waals surface area contributed by atoms with Crippen LogP contribution in [-0.4, -0.2) is 106 Å². The van der Waals surface area contributed by atoms with E-state index in [1.54, 1.807) is 62.3 Å². The quantitative estimate of drug-likeness (QED) is 0.0784. The Labute approximate surface area is 367 Å². The van der Waals surface area contributed by atoms with Crippen molar-refractivity contribution >= 4 is 29.8 Å². The van der Waals surface area contributed by atoms with Gasteiger partial charge < -0.3 is 47.7 Å². The highest BCUT2D eigenvalue weighted by atomic mass is 16.8. The second-order valence-electron chi connectivity index (χ2n) is 21.1. The van der Waals surface area contributed by atoms with Crippen LogP contribution in [0.4, 0.5) is 0 Å². The minimum Gasteiger partial charge on any atom is -0.458 e.